The average molecular weight is 240 g/mol. The number of para-hydroxylation sites is 1. The number of rotatable bonds is 1. The quantitative estimate of drug-likeness (QED) is 0.749. The van der Waals surface area contributed by atoms with Gasteiger partial charge in [-0.2, -0.15) is 5.26 Å². The van der Waals surface area contributed by atoms with Crippen LogP contribution in [0.2, 0.25) is 0 Å². The molecule has 0 radical (unpaired) electrons. The molecule has 3 rings (SSSR count). The van der Waals surface area contributed by atoms with Gasteiger partial charge in [-0.1, -0.05) is 25.0 Å². The van der Waals surface area contributed by atoms with Crippen LogP contribution in [0.5, 0.6) is 0 Å². The van der Waals surface area contributed by atoms with Gasteiger partial charge in [0.05, 0.1) is 11.3 Å². The molecule has 2 aliphatic rings. The second-order valence-electron chi connectivity index (χ2n) is 5.68. The molecule has 2 fully saturated rings. The molecule has 0 amide bonds. The Morgan fingerprint density at radius 1 is 1.22 bits per heavy atom. The normalized spacial score (nSPS) is 26.8. The fourth-order valence-electron chi connectivity index (χ4n) is 3.81. The van der Waals surface area contributed by atoms with Crippen molar-refractivity contribution >= 4 is 5.69 Å². The van der Waals surface area contributed by atoms with E-state index in [0.29, 0.717) is 6.04 Å². The first-order valence-electron chi connectivity index (χ1n) is 7.07. The van der Waals surface area contributed by atoms with Gasteiger partial charge in [-0.3, -0.25) is 0 Å². The van der Waals surface area contributed by atoms with Crippen molar-refractivity contribution in [3.8, 4) is 6.07 Å². The fourth-order valence-corrected chi connectivity index (χ4v) is 3.81. The van der Waals surface area contributed by atoms with Crippen molar-refractivity contribution in [3.63, 3.8) is 0 Å². The van der Waals surface area contributed by atoms with Gasteiger partial charge in [0.25, 0.3) is 0 Å². The minimum absolute atomic E-state index is 0.687. The maximum absolute atomic E-state index is 9.32. The number of benzene rings is 1. The fraction of sp³-hybridized carbons (Fsp3) is 0.562. The highest BCUT2D eigenvalue weighted by atomic mass is 15.2. The molecule has 1 aromatic rings. The van der Waals surface area contributed by atoms with Crippen molar-refractivity contribution in [2.24, 2.45) is 5.92 Å². The maximum Gasteiger partial charge on any atom is 0.101 e. The molecule has 1 aliphatic carbocycles. The molecule has 1 aliphatic heterocycles. The molecule has 1 saturated carbocycles. The van der Waals surface area contributed by atoms with Gasteiger partial charge in [0.1, 0.15) is 6.07 Å². The molecule has 2 heteroatoms. The van der Waals surface area contributed by atoms with Crippen LogP contribution in [-0.2, 0) is 0 Å². The first-order chi connectivity index (χ1) is 8.81. The number of aryl methyl sites for hydroxylation is 1. The smallest absolute Gasteiger partial charge is 0.101 e. The van der Waals surface area contributed by atoms with Crippen molar-refractivity contribution in [2.75, 3.05) is 11.4 Å². The lowest BCUT2D eigenvalue weighted by atomic mass is 9.85. The zero-order valence-electron chi connectivity index (χ0n) is 11.0. The lowest BCUT2D eigenvalue weighted by Crippen LogP contribution is -2.35. The second-order valence-corrected chi connectivity index (χ2v) is 5.68. The van der Waals surface area contributed by atoms with E-state index in [9.17, 15) is 5.26 Å². The van der Waals surface area contributed by atoms with Crippen molar-refractivity contribution in [3.05, 3.63) is 29.3 Å². The van der Waals surface area contributed by atoms with Crippen LogP contribution in [0.3, 0.4) is 0 Å². The van der Waals surface area contributed by atoms with Gasteiger partial charge < -0.3 is 4.90 Å². The summed E-state index contributed by atoms with van der Waals surface area (Å²) < 4.78 is 0. The predicted octanol–water partition coefficient (Wildman–Crippen LogP) is 3.64. The van der Waals surface area contributed by atoms with Gasteiger partial charge in [-0.25, -0.2) is 0 Å². The van der Waals surface area contributed by atoms with Crippen LogP contribution in [-0.4, -0.2) is 12.6 Å². The number of nitriles is 1. The van der Waals surface area contributed by atoms with Gasteiger partial charge >= 0.3 is 0 Å². The molecule has 94 valence electrons. The van der Waals surface area contributed by atoms with E-state index < -0.39 is 0 Å². The van der Waals surface area contributed by atoms with E-state index in [4.69, 9.17) is 0 Å². The first kappa shape index (κ1) is 11.6. The summed E-state index contributed by atoms with van der Waals surface area (Å²) in [7, 11) is 0. The van der Waals surface area contributed by atoms with Gasteiger partial charge in [0, 0.05) is 12.6 Å². The summed E-state index contributed by atoms with van der Waals surface area (Å²) in [6, 6.07) is 9.13. The zero-order chi connectivity index (χ0) is 12.5. The number of hydrogen-bond acceptors (Lipinski definition) is 2. The minimum atomic E-state index is 0.687. The largest absolute Gasteiger partial charge is 0.367 e. The Labute approximate surface area is 109 Å². The van der Waals surface area contributed by atoms with Crippen LogP contribution in [0, 0.1) is 24.2 Å². The molecule has 0 bridgehead atoms. The Kier molecular flexibility index (Phi) is 2.99. The standard InChI is InChI=1S/C16H20N2/c1-12-5-4-7-14(11-17)16(12)18-10-9-13-6-2-3-8-15(13)18/h4-5,7,13,15H,2-3,6,8-10H2,1H3. The van der Waals surface area contributed by atoms with Gasteiger partial charge in [-0.15, -0.1) is 0 Å². The predicted molar refractivity (Wildman–Crippen MR) is 73.6 cm³/mol. The van der Waals surface area contributed by atoms with Crippen molar-refractivity contribution in [2.45, 2.75) is 45.1 Å². The molecule has 0 N–H and O–H groups in total. The van der Waals surface area contributed by atoms with Crippen molar-refractivity contribution in [1.82, 2.24) is 0 Å². The van der Waals surface area contributed by atoms with Crippen LogP contribution in [0.15, 0.2) is 18.2 Å². The molecule has 1 heterocycles. The van der Waals surface area contributed by atoms with Gasteiger partial charge in [-0.05, 0) is 43.7 Å². The van der Waals surface area contributed by atoms with Gasteiger partial charge in [0.2, 0.25) is 0 Å². The Balaban J connectivity index is 1.98. The van der Waals surface area contributed by atoms with E-state index >= 15 is 0 Å². The topological polar surface area (TPSA) is 27.0 Å². The Morgan fingerprint density at radius 3 is 2.89 bits per heavy atom. The van der Waals surface area contributed by atoms with E-state index in [2.05, 4.69) is 24.0 Å². The third kappa shape index (κ3) is 1.79. The number of fused-ring (bicyclic) bond motifs is 1. The van der Waals surface area contributed by atoms with Crippen LogP contribution < -0.4 is 4.90 Å². The number of nitrogens with zero attached hydrogens (tertiary/aromatic N) is 2. The summed E-state index contributed by atoms with van der Waals surface area (Å²) >= 11 is 0. The highest BCUT2D eigenvalue weighted by Gasteiger charge is 2.36. The van der Waals surface area contributed by atoms with Crippen LogP contribution in [0.1, 0.15) is 43.2 Å². The van der Waals surface area contributed by atoms with Crippen molar-refractivity contribution < 1.29 is 0 Å². The highest BCUT2D eigenvalue weighted by molar-refractivity contribution is 5.65. The summed E-state index contributed by atoms with van der Waals surface area (Å²) in [5.41, 5.74) is 3.30. The lowest BCUT2D eigenvalue weighted by Gasteiger charge is -2.34. The molecule has 1 aromatic carbocycles. The summed E-state index contributed by atoms with van der Waals surface area (Å²) in [6.45, 7) is 3.27. The monoisotopic (exact) mass is 240 g/mol. The molecule has 1 saturated heterocycles. The number of hydrogen-bond donors (Lipinski definition) is 0. The molecule has 18 heavy (non-hydrogen) atoms. The Morgan fingerprint density at radius 2 is 2.06 bits per heavy atom. The van der Waals surface area contributed by atoms with E-state index in [0.717, 1.165) is 18.0 Å². The Bertz CT molecular complexity index is 486. The van der Waals surface area contributed by atoms with E-state index in [1.807, 2.05) is 12.1 Å². The molecular formula is C16H20N2. The summed E-state index contributed by atoms with van der Waals surface area (Å²) in [5.74, 6) is 0.866. The summed E-state index contributed by atoms with van der Waals surface area (Å²) in [5, 5.41) is 9.32. The maximum atomic E-state index is 9.32. The SMILES string of the molecule is Cc1cccc(C#N)c1N1CCC2CCCCC21. The van der Waals surface area contributed by atoms with E-state index in [-0.39, 0.29) is 0 Å². The lowest BCUT2D eigenvalue weighted by molar-refractivity contribution is 0.342. The molecule has 2 atom stereocenters. The summed E-state index contributed by atoms with van der Waals surface area (Å²) in [4.78, 5) is 2.53. The van der Waals surface area contributed by atoms with Gasteiger partial charge in [0.15, 0.2) is 0 Å². The van der Waals surface area contributed by atoms with Crippen molar-refractivity contribution in [1.29, 1.82) is 5.26 Å². The molecule has 2 unspecified atom stereocenters. The minimum Gasteiger partial charge on any atom is -0.367 e. The van der Waals surface area contributed by atoms with Crippen LogP contribution in [0.4, 0.5) is 5.69 Å². The first-order valence-corrected chi connectivity index (χ1v) is 7.07. The third-order valence-corrected chi connectivity index (χ3v) is 4.66. The molecular weight excluding hydrogens is 220 g/mol. The van der Waals surface area contributed by atoms with E-state index in [1.165, 1.54) is 43.4 Å². The molecule has 2 nitrogen and oxygen atoms in total. The van der Waals surface area contributed by atoms with Crippen LogP contribution in [0.25, 0.3) is 0 Å². The van der Waals surface area contributed by atoms with E-state index in [1.54, 1.807) is 0 Å². The highest BCUT2D eigenvalue weighted by Crippen LogP contribution is 2.40. The second kappa shape index (κ2) is 4.65. The van der Waals surface area contributed by atoms with Crippen LogP contribution >= 0.6 is 0 Å². The average Bonchev–Trinajstić information content (AvgIpc) is 2.82. The zero-order valence-corrected chi connectivity index (χ0v) is 11.0. The number of anilines is 1. The molecule has 0 aromatic heterocycles. The Hall–Kier alpha value is -1.49. The third-order valence-electron chi connectivity index (χ3n) is 4.66. The molecule has 0 spiro atoms. The summed E-state index contributed by atoms with van der Waals surface area (Å²) in [6.07, 6.45) is 6.75.